The molecule has 3 heteroatoms. The van der Waals surface area contributed by atoms with E-state index in [9.17, 15) is 0 Å². The van der Waals surface area contributed by atoms with E-state index in [2.05, 4.69) is 11.1 Å². The molecule has 1 heterocycles. The number of fused-ring (bicyclic) bond motifs is 1. The average Bonchev–Trinajstić information content (AvgIpc) is 2.28. The molecule has 1 aromatic carbocycles. The van der Waals surface area contributed by atoms with Crippen LogP contribution in [0.25, 0.3) is 10.9 Å². The Morgan fingerprint density at radius 3 is 2.94 bits per heavy atom. The molecule has 1 aromatic heterocycles. The smallest absolute Gasteiger partial charge is 0.0702 e. The van der Waals surface area contributed by atoms with E-state index in [0.717, 1.165) is 16.5 Å². The second-order valence-corrected chi connectivity index (χ2v) is 4.26. The number of hydrogen-bond acceptors (Lipinski definition) is 3. The van der Waals surface area contributed by atoms with Crippen LogP contribution in [0.2, 0.25) is 0 Å². The predicted octanol–water partition coefficient (Wildman–Crippen LogP) is 2.06. The van der Waals surface area contributed by atoms with Gasteiger partial charge in [0.15, 0.2) is 0 Å². The maximum absolute atomic E-state index is 6.19. The van der Waals surface area contributed by atoms with Gasteiger partial charge < -0.3 is 10.5 Å². The minimum Gasteiger partial charge on any atom is -0.382 e. The van der Waals surface area contributed by atoms with Gasteiger partial charge in [-0.15, -0.1) is 0 Å². The van der Waals surface area contributed by atoms with Crippen molar-refractivity contribution in [2.45, 2.75) is 12.5 Å². The van der Waals surface area contributed by atoms with E-state index in [-0.39, 0.29) is 0 Å². The summed E-state index contributed by atoms with van der Waals surface area (Å²) in [7, 11) is 1.66. The van der Waals surface area contributed by atoms with Crippen molar-refractivity contribution in [3.8, 4) is 0 Å². The molecular weight excluding hydrogens is 200 g/mol. The third kappa shape index (κ3) is 2.05. The third-order valence-electron chi connectivity index (χ3n) is 2.71. The largest absolute Gasteiger partial charge is 0.382 e. The number of pyridine rings is 1. The number of rotatable bonds is 3. The van der Waals surface area contributed by atoms with Gasteiger partial charge in [0, 0.05) is 18.7 Å². The second kappa shape index (κ2) is 4.20. The first-order valence-corrected chi connectivity index (χ1v) is 5.26. The van der Waals surface area contributed by atoms with Gasteiger partial charge in [0.2, 0.25) is 0 Å². The van der Waals surface area contributed by atoms with E-state index in [1.165, 1.54) is 0 Å². The molecule has 0 aliphatic heterocycles. The number of nitrogens with two attached hydrogens (primary N) is 1. The summed E-state index contributed by atoms with van der Waals surface area (Å²) < 4.78 is 5.13. The SMILES string of the molecule is COCC(C)(N)c1ccc2ncccc2c1. The molecule has 0 bridgehead atoms. The van der Waals surface area contributed by atoms with Gasteiger partial charge in [-0.1, -0.05) is 12.1 Å². The third-order valence-corrected chi connectivity index (χ3v) is 2.71. The highest BCUT2D eigenvalue weighted by Crippen LogP contribution is 2.22. The van der Waals surface area contributed by atoms with Crippen LogP contribution < -0.4 is 5.73 Å². The van der Waals surface area contributed by atoms with Crippen LogP contribution in [0.1, 0.15) is 12.5 Å². The molecule has 84 valence electrons. The van der Waals surface area contributed by atoms with Gasteiger partial charge in [-0.05, 0) is 30.7 Å². The molecule has 1 atom stereocenters. The summed E-state index contributed by atoms with van der Waals surface area (Å²) in [6, 6.07) is 10.0. The van der Waals surface area contributed by atoms with Gasteiger partial charge in [0.1, 0.15) is 0 Å². The highest BCUT2D eigenvalue weighted by Gasteiger charge is 2.21. The quantitative estimate of drug-likeness (QED) is 0.854. The van der Waals surface area contributed by atoms with E-state index in [0.29, 0.717) is 6.61 Å². The first kappa shape index (κ1) is 11.0. The molecule has 16 heavy (non-hydrogen) atoms. The zero-order chi connectivity index (χ0) is 11.6. The zero-order valence-electron chi connectivity index (χ0n) is 9.60. The van der Waals surface area contributed by atoms with Crippen LogP contribution in [0.4, 0.5) is 0 Å². The topological polar surface area (TPSA) is 48.1 Å². The molecule has 0 saturated carbocycles. The van der Waals surface area contributed by atoms with Gasteiger partial charge in [-0.25, -0.2) is 0 Å². The van der Waals surface area contributed by atoms with Crippen LogP contribution in [-0.4, -0.2) is 18.7 Å². The van der Waals surface area contributed by atoms with Crippen molar-refractivity contribution in [1.29, 1.82) is 0 Å². The number of nitrogens with zero attached hydrogens (tertiary/aromatic N) is 1. The van der Waals surface area contributed by atoms with E-state index >= 15 is 0 Å². The summed E-state index contributed by atoms with van der Waals surface area (Å²) in [5.74, 6) is 0. The zero-order valence-corrected chi connectivity index (χ0v) is 9.60. The summed E-state index contributed by atoms with van der Waals surface area (Å²) in [6.07, 6.45) is 1.79. The predicted molar refractivity (Wildman–Crippen MR) is 65.2 cm³/mol. The van der Waals surface area contributed by atoms with Crippen LogP contribution in [0, 0.1) is 0 Å². The molecule has 0 aliphatic rings. The molecule has 3 nitrogen and oxygen atoms in total. The minimum atomic E-state index is -0.460. The highest BCUT2D eigenvalue weighted by atomic mass is 16.5. The van der Waals surface area contributed by atoms with Gasteiger partial charge in [-0.2, -0.15) is 0 Å². The lowest BCUT2D eigenvalue weighted by atomic mass is 9.93. The number of benzene rings is 1. The van der Waals surface area contributed by atoms with E-state index in [4.69, 9.17) is 10.5 Å². The van der Waals surface area contributed by atoms with Crippen molar-refractivity contribution >= 4 is 10.9 Å². The van der Waals surface area contributed by atoms with Crippen molar-refractivity contribution in [2.75, 3.05) is 13.7 Å². The maximum atomic E-state index is 6.19. The Morgan fingerprint density at radius 1 is 1.38 bits per heavy atom. The van der Waals surface area contributed by atoms with Crippen LogP contribution in [0.15, 0.2) is 36.5 Å². The fraction of sp³-hybridized carbons (Fsp3) is 0.308. The van der Waals surface area contributed by atoms with E-state index < -0.39 is 5.54 Å². The minimum absolute atomic E-state index is 0.460. The van der Waals surface area contributed by atoms with Crippen molar-refractivity contribution in [3.05, 3.63) is 42.1 Å². The molecule has 0 fully saturated rings. The molecule has 1 unspecified atom stereocenters. The highest BCUT2D eigenvalue weighted by molar-refractivity contribution is 5.79. The molecular formula is C13H16N2O. The summed E-state index contributed by atoms with van der Waals surface area (Å²) in [5.41, 5.74) is 7.78. The van der Waals surface area contributed by atoms with Crippen LogP contribution >= 0.6 is 0 Å². The van der Waals surface area contributed by atoms with Crippen molar-refractivity contribution in [1.82, 2.24) is 4.98 Å². The van der Waals surface area contributed by atoms with Crippen molar-refractivity contribution in [2.24, 2.45) is 5.73 Å². The Hall–Kier alpha value is -1.45. The lowest BCUT2D eigenvalue weighted by Gasteiger charge is -2.24. The number of methoxy groups -OCH3 is 1. The van der Waals surface area contributed by atoms with Gasteiger partial charge in [-0.3, -0.25) is 4.98 Å². The number of hydrogen-bond donors (Lipinski definition) is 1. The van der Waals surface area contributed by atoms with Gasteiger partial charge in [0.05, 0.1) is 17.7 Å². The first-order valence-electron chi connectivity index (χ1n) is 5.26. The number of aromatic nitrogens is 1. The Bertz CT molecular complexity index is 494. The monoisotopic (exact) mass is 216 g/mol. The lowest BCUT2D eigenvalue weighted by molar-refractivity contribution is 0.141. The molecule has 2 aromatic rings. The molecule has 2 rings (SSSR count). The van der Waals surface area contributed by atoms with Gasteiger partial charge in [0.25, 0.3) is 0 Å². The van der Waals surface area contributed by atoms with Crippen LogP contribution in [0.5, 0.6) is 0 Å². The number of ether oxygens (including phenoxy) is 1. The normalized spacial score (nSPS) is 14.9. The van der Waals surface area contributed by atoms with Crippen molar-refractivity contribution in [3.63, 3.8) is 0 Å². The van der Waals surface area contributed by atoms with Crippen molar-refractivity contribution < 1.29 is 4.74 Å². The average molecular weight is 216 g/mol. The second-order valence-electron chi connectivity index (χ2n) is 4.26. The van der Waals surface area contributed by atoms with Crippen LogP contribution in [-0.2, 0) is 10.3 Å². The summed E-state index contributed by atoms with van der Waals surface area (Å²) in [5, 5.41) is 1.10. The molecule has 0 saturated heterocycles. The molecule has 0 aliphatic carbocycles. The Balaban J connectivity index is 2.46. The molecule has 0 amide bonds. The summed E-state index contributed by atoms with van der Waals surface area (Å²) >= 11 is 0. The fourth-order valence-electron chi connectivity index (χ4n) is 1.81. The van der Waals surface area contributed by atoms with Crippen LogP contribution in [0.3, 0.4) is 0 Å². The molecule has 2 N–H and O–H groups in total. The standard InChI is InChI=1S/C13H16N2O/c1-13(14,9-16-2)11-5-6-12-10(8-11)4-3-7-15-12/h3-8H,9,14H2,1-2H3. The first-order chi connectivity index (χ1) is 7.63. The maximum Gasteiger partial charge on any atom is 0.0702 e. The Labute approximate surface area is 95.2 Å². The Morgan fingerprint density at radius 2 is 2.19 bits per heavy atom. The molecule has 0 spiro atoms. The van der Waals surface area contributed by atoms with Gasteiger partial charge >= 0.3 is 0 Å². The summed E-state index contributed by atoms with van der Waals surface area (Å²) in [6.45, 7) is 2.47. The Kier molecular flexibility index (Phi) is 2.90. The fourth-order valence-corrected chi connectivity index (χ4v) is 1.81. The summed E-state index contributed by atoms with van der Waals surface area (Å²) in [4.78, 5) is 4.28. The molecule has 0 radical (unpaired) electrons. The van der Waals surface area contributed by atoms with E-state index in [1.807, 2.05) is 31.2 Å². The lowest BCUT2D eigenvalue weighted by Crippen LogP contribution is -2.37. The van der Waals surface area contributed by atoms with E-state index in [1.54, 1.807) is 13.3 Å².